The van der Waals surface area contributed by atoms with Gasteiger partial charge in [0.25, 0.3) is 0 Å². The van der Waals surface area contributed by atoms with Crippen molar-refractivity contribution in [2.24, 2.45) is 5.73 Å². The van der Waals surface area contributed by atoms with Gasteiger partial charge in [-0.2, -0.15) is 0 Å². The fraction of sp³-hybridized carbons (Fsp3) is 0.636. The summed E-state index contributed by atoms with van der Waals surface area (Å²) in [4.78, 5) is 0. The summed E-state index contributed by atoms with van der Waals surface area (Å²) in [7, 11) is 0. The Labute approximate surface area is 85.7 Å². The Bertz CT molecular complexity index is 221. The van der Waals surface area contributed by atoms with Crippen LogP contribution < -0.4 is 11.1 Å². The van der Waals surface area contributed by atoms with Crippen LogP contribution >= 0.6 is 0 Å². The van der Waals surface area contributed by atoms with E-state index in [-0.39, 0.29) is 0 Å². The third kappa shape index (κ3) is 4.44. The monoisotopic (exact) mass is 196 g/mol. The molecule has 1 atom stereocenters. The van der Waals surface area contributed by atoms with E-state index < -0.39 is 0 Å². The van der Waals surface area contributed by atoms with Crippen LogP contribution in [0.3, 0.4) is 0 Å². The molecule has 0 saturated heterocycles. The van der Waals surface area contributed by atoms with Crippen LogP contribution in [-0.4, -0.2) is 12.6 Å². The Morgan fingerprint density at radius 3 is 3.00 bits per heavy atom. The lowest BCUT2D eigenvalue weighted by Crippen LogP contribution is -2.26. The van der Waals surface area contributed by atoms with Gasteiger partial charge in [0.2, 0.25) is 0 Å². The topological polar surface area (TPSA) is 51.2 Å². The van der Waals surface area contributed by atoms with Crippen molar-refractivity contribution in [2.75, 3.05) is 6.54 Å². The Balaban J connectivity index is 1.99. The predicted molar refractivity (Wildman–Crippen MR) is 57.9 cm³/mol. The molecule has 3 N–H and O–H groups in total. The average Bonchev–Trinajstić information content (AvgIpc) is 2.65. The lowest BCUT2D eigenvalue weighted by molar-refractivity contribution is 0.467. The first-order valence-corrected chi connectivity index (χ1v) is 5.31. The molecule has 0 aromatic carbocycles. The Morgan fingerprint density at radius 2 is 2.36 bits per heavy atom. The minimum Gasteiger partial charge on any atom is -0.468 e. The largest absolute Gasteiger partial charge is 0.468 e. The molecule has 1 unspecified atom stereocenters. The van der Waals surface area contributed by atoms with Crippen LogP contribution in [0.25, 0.3) is 0 Å². The zero-order valence-corrected chi connectivity index (χ0v) is 8.83. The van der Waals surface area contributed by atoms with Gasteiger partial charge in [-0.25, -0.2) is 0 Å². The van der Waals surface area contributed by atoms with E-state index in [2.05, 4.69) is 12.2 Å². The van der Waals surface area contributed by atoms with Crippen molar-refractivity contribution in [1.29, 1.82) is 0 Å². The summed E-state index contributed by atoms with van der Waals surface area (Å²) >= 11 is 0. The lowest BCUT2D eigenvalue weighted by atomic mass is 10.1. The number of hydrogen-bond donors (Lipinski definition) is 2. The molecular formula is C11H20N2O. The van der Waals surface area contributed by atoms with Crippen LogP contribution in [0.4, 0.5) is 0 Å². The number of rotatable bonds is 7. The fourth-order valence-corrected chi connectivity index (χ4v) is 1.43. The molecule has 0 aliphatic carbocycles. The smallest absolute Gasteiger partial charge is 0.117 e. The molecule has 3 nitrogen and oxygen atoms in total. The summed E-state index contributed by atoms with van der Waals surface area (Å²) in [6, 6.07) is 4.21. The molecule has 0 bridgehead atoms. The number of hydrogen-bond acceptors (Lipinski definition) is 3. The zero-order chi connectivity index (χ0) is 10.2. The molecule has 1 rings (SSSR count). The first-order valence-electron chi connectivity index (χ1n) is 5.31. The second kappa shape index (κ2) is 6.62. The molecule has 1 heterocycles. The maximum Gasteiger partial charge on any atom is 0.117 e. The summed E-state index contributed by atoms with van der Waals surface area (Å²) in [6.07, 6.45) is 5.01. The van der Waals surface area contributed by atoms with E-state index in [9.17, 15) is 0 Å². The summed E-state index contributed by atoms with van der Waals surface area (Å²) in [5, 5.41) is 3.30. The molecular weight excluding hydrogens is 176 g/mol. The van der Waals surface area contributed by atoms with Gasteiger partial charge < -0.3 is 15.5 Å². The lowest BCUT2D eigenvalue weighted by Gasteiger charge is -2.09. The van der Waals surface area contributed by atoms with Crippen molar-refractivity contribution in [3.8, 4) is 0 Å². The predicted octanol–water partition coefficient (Wildman–Crippen LogP) is 1.89. The highest BCUT2D eigenvalue weighted by atomic mass is 16.3. The van der Waals surface area contributed by atoms with Crippen molar-refractivity contribution in [3.63, 3.8) is 0 Å². The molecule has 1 aromatic heterocycles. The van der Waals surface area contributed by atoms with E-state index in [4.69, 9.17) is 10.2 Å². The molecule has 3 heteroatoms. The Hall–Kier alpha value is -0.800. The molecule has 0 aliphatic heterocycles. The second-order valence-corrected chi connectivity index (χ2v) is 3.59. The first-order chi connectivity index (χ1) is 6.83. The van der Waals surface area contributed by atoms with Gasteiger partial charge in [0.1, 0.15) is 5.76 Å². The molecule has 0 saturated carbocycles. The van der Waals surface area contributed by atoms with E-state index in [1.165, 1.54) is 6.42 Å². The quantitative estimate of drug-likeness (QED) is 0.655. The number of nitrogens with one attached hydrogen (secondary N) is 1. The summed E-state index contributed by atoms with van der Waals surface area (Å²) in [5.74, 6) is 0.981. The number of furan rings is 1. The molecule has 0 amide bonds. The Kier molecular flexibility index (Phi) is 5.33. The highest BCUT2D eigenvalue weighted by Crippen LogP contribution is 2.00. The molecule has 0 radical (unpaired) electrons. The van der Waals surface area contributed by atoms with E-state index in [0.29, 0.717) is 6.04 Å². The molecule has 14 heavy (non-hydrogen) atoms. The maximum atomic E-state index is 5.88. The highest BCUT2D eigenvalue weighted by molar-refractivity contribution is 4.97. The van der Waals surface area contributed by atoms with Gasteiger partial charge in [-0.3, -0.25) is 0 Å². The normalized spacial score (nSPS) is 13.0. The van der Waals surface area contributed by atoms with Crippen LogP contribution in [0.2, 0.25) is 0 Å². The highest BCUT2D eigenvalue weighted by Gasteiger charge is 2.00. The van der Waals surface area contributed by atoms with E-state index in [1.54, 1.807) is 6.26 Å². The summed E-state index contributed by atoms with van der Waals surface area (Å²) in [5.41, 5.74) is 5.88. The summed E-state index contributed by atoms with van der Waals surface area (Å²) < 4.78 is 5.19. The fourth-order valence-electron chi connectivity index (χ4n) is 1.43. The van der Waals surface area contributed by atoms with Crippen LogP contribution in [0.1, 0.15) is 31.9 Å². The Morgan fingerprint density at radius 1 is 1.50 bits per heavy atom. The van der Waals surface area contributed by atoms with Crippen molar-refractivity contribution in [1.82, 2.24) is 5.32 Å². The first kappa shape index (κ1) is 11.3. The van der Waals surface area contributed by atoms with Crippen molar-refractivity contribution < 1.29 is 4.42 Å². The van der Waals surface area contributed by atoms with Gasteiger partial charge in [0, 0.05) is 6.04 Å². The minimum atomic E-state index is 0.337. The van der Waals surface area contributed by atoms with Gasteiger partial charge >= 0.3 is 0 Å². The second-order valence-electron chi connectivity index (χ2n) is 3.59. The van der Waals surface area contributed by atoms with Crippen molar-refractivity contribution >= 4 is 0 Å². The van der Waals surface area contributed by atoms with Crippen LogP contribution in [0, 0.1) is 0 Å². The van der Waals surface area contributed by atoms with Gasteiger partial charge in [0.15, 0.2) is 0 Å². The maximum absolute atomic E-state index is 5.88. The van der Waals surface area contributed by atoms with Crippen molar-refractivity contribution in [3.05, 3.63) is 24.2 Å². The molecule has 0 spiro atoms. The van der Waals surface area contributed by atoms with Crippen LogP contribution in [0.5, 0.6) is 0 Å². The zero-order valence-electron chi connectivity index (χ0n) is 8.83. The van der Waals surface area contributed by atoms with Gasteiger partial charge in [-0.1, -0.05) is 13.3 Å². The molecule has 80 valence electrons. The minimum absolute atomic E-state index is 0.337. The molecule has 1 aromatic rings. The van der Waals surface area contributed by atoms with E-state index in [1.807, 2.05) is 12.1 Å². The molecule has 0 aliphatic rings. The SMILES string of the molecule is CCCC(N)CCNCc1ccco1. The summed E-state index contributed by atoms with van der Waals surface area (Å²) in [6.45, 7) is 3.92. The molecule has 0 fully saturated rings. The number of nitrogens with two attached hydrogens (primary N) is 1. The standard InChI is InChI=1S/C11H20N2O/c1-2-4-10(12)6-7-13-9-11-5-3-8-14-11/h3,5,8,10,13H,2,4,6-7,9,12H2,1H3. The van der Waals surface area contributed by atoms with Gasteiger partial charge in [-0.15, -0.1) is 0 Å². The van der Waals surface area contributed by atoms with Gasteiger partial charge in [-0.05, 0) is 31.5 Å². The van der Waals surface area contributed by atoms with Crippen molar-refractivity contribution in [2.45, 2.75) is 38.8 Å². The van der Waals surface area contributed by atoms with Crippen LogP contribution in [0.15, 0.2) is 22.8 Å². The average molecular weight is 196 g/mol. The van der Waals surface area contributed by atoms with E-state index in [0.717, 1.165) is 31.7 Å². The van der Waals surface area contributed by atoms with E-state index >= 15 is 0 Å². The third-order valence-corrected chi connectivity index (χ3v) is 2.23. The third-order valence-electron chi connectivity index (χ3n) is 2.23. The van der Waals surface area contributed by atoms with Gasteiger partial charge in [0.05, 0.1) is 12.8 Å². The van der Waals surface area contributed by atoms with Crippen LogP contribution in [-0.2, 0) is 6.54 Å².